The van der Waals surface area contributed by atoms with E-state index in [1.165, 1.54) is 6.92 Å². The van der Waals surface area contributed by atoms with Crippen LogP contribution in [0.25, 0.3) is 0 Å². The van der Waals surface area contributed by atoms with Gasteiger partial charge in [0.1, 0.15) is 18.2 Å². The third-order valence-electron chi connectivity index (χ3n) is 2.91. The average molecular weight is 261 g/mol. The number of hydrogen-bond acceptors (Lipinski definition) is 7. The van der Waals surface area contributed by atoms with Gasteiger partial charge in [-0.3, -0.25) is 9.59 Å². The summed E-state index contributed by atoms with van der Waals surface area (Å²) in [5.41, 5.74) is 0. The molecule has 0 aromatic carbocycles. The van der Waals surface area contributed by atoms with Crippen molar-refractivity contribution in [1.29, 1.82) is 0 Å². The highest BCUT2D eigenvalue weighted by atomic mass is 16.6. The highest BCUT2D eigenvalue weighted by molar-refractivity contribution is 5.78. The molecule has 0 amide bonds. The minimum Gasteiger partial charge on any atom is -0.451 e. The molecule has 0 radical (unpaired) electrons. The van der Waals surface area contributed by atoms with Gasteiger partial charge in [-0.2, -0.15) is 0 Å². The Morgan fingerprint density at radius 2 is 2.06 bits per heavy atom. The Morgan fingerprint density at radius 1 is 1.39 bits per heavy atom. The fourth-order valence-corrected chi connectivity index (χ4v) is 1.76. The number of aliphatic hydroxyl groups excluding tert-OH is 3. The normalized spacial score (nSPS) is 26.1. The summed E-state index contributed by atoms with van der Waals surface area (Å²) in [6, 6.07) is -0.483. The first-order valence-electron chi connectivity index (χ1n) is 5.90. The molecule has 0 spiro atoms. The van der Waals surface area contributed by atoms with E-state index in [0.29, 0.717) is 13.0 Å². The summed E-state index contributed by atoms with van der Waals surface area (Å²) in [5.74, 6) is -0.638. The van der Waals surface area contributed by atoms with Crippen molar-refractivity contribution in [3.63, 3.8) is 0 Å². The summed E-state index contributed by atoms with van der Waals surface area (Å²) in [6.07, 6.45) is -4.22. The van der Waals surface area contributed by atoms with Gasteiger partial charge < -0.3 is 25.4 Å². The van der Waals surface area contributed by atoms with Crippen LogP contribution in [0.1, 0.15) is 19.8 Å². The average Bonchev–Trinajstić information content (AvgIpc) is 2.87. The first-order valence-corrected chi connectivity index (χ1v) is 5.90. The van der Waals surface area contributed by atoms with Crippen LogP contribution < -0.4 is 5.32 Å². The zero-order chi connectivity index (χ0) is 13.7. The molecule has 1 saturated heterocycles. The van der Waals surface area contributed by atoms with E-state index >= 15 is 0 Å². The van der Waals surface area contributed by atoms with Gasteiger partial charge in [-0.15, -0.1) is 0 Å². The molecule has 5 atom stereocenters. The van der Waals surface area contributed by atoms with Crippen LogP contribution in [-0.2, 0) is 14.3 Å². The molecular formula is C11H19NO6. The molecule has 1 aliphatic heterocycles. The van der Waals surface area contributed by atoms with Crippen molar-refractivity contribution in [3.05, 3.63) is 0 Å². The number of esters is 1. The van der Waals surface area contributed by atoms with E-state index in [0.717, 1.165) is 6.42 Å². The van der Waals surface area contributed by atoms with Gasteiger partial charge in [0.05, 0.1) is 6.10 Å². The maximum atomic E-state index is 11.6. The lowest BCUT2D eigenvalue weighted by molar-refractivity contribution is -0.167. The van der Waals surface area contributed by atoms with Crippen molar-refractivity contribution >= 4 is 12.3 Å². The summed E-state index contributed by atoms with van der Waals surface area (Å²) >= 11 is 0. The van der Waals surface area contributed by atoms with Crippen LogP contribution in [-0.4, -0.2) is 64.6 Å². The molecule has 7 nitrogen and oxygen atoms in total. The molecule has 1 fully saturated rings. The predicted octanol–water partition coefficient (Wildman–Crippen LogP) is -2.05. The van der Waals surface area contributed by atoms with E-state index in [9.17, 15) is 19.8 Å². The van der Waals surface area contributed by atoms with Crippen LogP contribution in [0.2, 0.25) is 0 Å². The molecule has 0 aromatic rings. The van der Waals surface area contributed by atoms with Crippen LogP contribution in [0.4, 0.5) is 0 Å². The topological polar surface area (TPSA) is 116 Å². The first-order chi connectivity index (χ1) is 8.47. The van der Waals surface area contributed by atoms with E-state index in [1.54, 1.807) is 0 Å². The predicted molar refractivity (Wildman–Crippen MR) is 60.7 cm³/mol. The minimum atomic E-state index is -1.65. The van der Waals surface area contributed by atoms with Crippen molar-refractivity contribution in [2.24, 2.45) is 0 Å². The maximum absolute atomic E-state index is 11.6. The second-order valence-electron chi connectivity index (χ2n) is 4.41. The van der Waals surface area contributed by atoms with Gasteiger partial charge in [0.15, 0.2) is 12.4 Å². The fraction of sp³-hybridized carbons (Fsp3) is 0.818. The zero-order valence-electron chi connectivity index (χ0n) is 10.2. The third kappa shape index (κ3) is 3.74. The Hall–Kier alpha value is -1.02. The fourth-order valence-electron chi connectivity index (χ4n) is 1.76. The van der Waals surface area contributed by atoms with E-state index < -0.39 is 36.4 Å². The Labute approximate surface area is 105 Å². The SMILES string of the molecule is C[C@@H](O)[C@@H](O)[C@H](O)[C@@H](C=O)OC(=O)[C@@H]1CCCN1. The van der Waals surface area contributed by atoms with Gasteiger partial charge in [0, 0.05) is 0 Å². The standard InChI is InChI=1S/C11H19NO6/c1-6(14)9(15)10(16)8(5-13)18-11(17)7-3-2-4-12-7/h5-10,12,14-16H,2-4H2,1H3/t6-,7+,8-,9-,10-/m1/s1. The van der Waals surface area contributed by atoms with Gasteiger partial charge in [-0.25, -0.2) is 0 Å². The zero-order valence-corrected chi connectivity index (χ0v) is 10.2. The number of carbonyl (C=O) groups is 2. The van der Waals surface area contributed by atoms with Crippen LogP contribution in [0, 0.1) is 0 Å². The highest BCUT2D eigenvalue weighted by Crippen LogP contribution is 2.11. The lowest BCUT2D eigenvalue weighted by atomic mass is 10.0. The number of rotatable bonds is 6. The molecule has 1 aliphatic rings. The van der Waals surface area contributed by atoms with E-state index in [1.807, 2.05) is 0 Å². The smallest absolute Gasteiger partial charge is 0.323 e. The summed E-state index contributed by atoms with van der Waals surface area (Å²) < 4.78 is 4.83. The molecule has 1 heterocycles. The van der Waals surface area contributed by atoms with Crippen LogP contribution in [0.15, 0.2) is 0 Å². The molecule has 0 unspecified atom stereocenters. The first kappa shape index (κ1) is 15.0. The Balaban J connectivity index is 2.55. The lowest BCUT2D eigenvalue weighted by Crippen LogP contribution is -2.47. The van der Waals surface area contributed by atoms with Crippen LogP contribution >= 0.6 is 0 Å². The molecule has 0 bridgehead atoms. The Kier molecular flexibility index (Phi) is 5.67. The molecule has 1 rings (SSSR count). The van der Waals surface area contributed by atoms with Crippen molar-refractivity contribution in [3.8, 4) is 0 Å². The number of aldehydes is 1. The van der Waals surface area contributed by atoms with Crippen LogP contribution in [0.3, 0.4) is 0 Å². The van der Waals surface area contributed by atoms with Gasteiger partial charge in [-0.05, 0) is 26.3 Å². The summed E-state index contributed by atoms with van der Waals surface area (Å²) in [6.45, 7) is 1.96. The lowest BCUT2D eigenvalue weighted by Gasteiger charge is -2.25. The maximum Gasteiger partial charge on any atom is 0.323 e. The molecule has 18 heavy (non-hydrogen) atoms. The summed E-state index contributed by atoms with van der Waals surface area (Å²) in [7, 11) is 0. The van der Waals surface area contributed by atoms with Crippen molar-refractivity contribution in [2.45, 2.75) is 50.2 Å². The second-order valence-corrected chi connectivity index (χ2v) is 4.41. The van der Waals surface area contributed by atoms with E-state index in [4.69, 9.17) is 9.84 Å². The van der Waals surface area contributed by atoms with E-state index in [-0.39, 0.29) is 6.29 Å². The summed E-state index contributed by atoms with van der Waals surface area (Å²) in [5, 5.41) is 31.0. The molecule has 4 N–H and O–H groups in total. The second kappa shape index (κ2) is 6.79. The van der Waals surface area contributed by atoms with Crippen molar-refractivity contribution < 1.29 is 29.6 Å². The molecule has 104 valence electrons. The number of carbonyl (C=O) groups excluding carboxylic acids is 2. The van der Waals surface area contributed by atoms with Crippen molar-refractivity contribution in [1.82, 2.24) is 5.32 Å². The number of ether oxygens (including phenoxy) is 1. The van der Waals surface area contributed by atoms with Crippen molar-refractivity contribution in [2.75, 3.05) is 6.54 Å². The Morgan fingerprint density at radius 3 is 2.50 bits per heavy atom. The molecule has 0 aromatic heterocycles. The summed E-state index contributed by atoms with van der Waals surface area (Å²) in [4.78, 5) is 22.4. The minimum absolute atomic E-state index is 0.239. The van der Waals surface area contributed by atoms with Gasteiger partial charge in [0.25, 0.3) is 0 Å². The molecule has 7 heteroatoms. The highest BCUT2D eigenvalue weighted by Gasteiger charge is 2.34. The molecule has 0 aliphatic carbocycles. The van der Waals surface area contributed by atoms with Gasteiger partial charge in [0.2, 0.25) is 0 Å². The quantitative estimate of drug-likeness (QED) is 0.321. The van der Waals surface area contributed by atoms with E-state index in [2.05, 4.69) is 5.32 Å². The Bertz CT molecular complexity index is 289. The van der Waals surface area contributed by atoms with Gasteiger partial charge >= 0.3 is 5.97 Å². The number of nitrogens with one attached hydrogen (secondary N) is 1. The van der Waals surface area contributed by atoms with Gasteiger partial charge in [-0.1, -0.05) is 0 Å². The van der Waals surface area contributed by atoms with Crippen LogP contribution in [0.5, 0.6) is 0 Å². The third-order valence-corrected chi connectivity index (χ3v) is 2.91. The number of hydrogen-bond donors (Lipinski definition) is 4. The monoisotopic (exact) mass is 261 g/mol. The molecular weight excluding hydrogens is 242 g/mol. The largest absolute Gasteiger partial charge is 0.451 e. The number of aliphatic hydroxyl groups is 3. The molecule has 0 saturated carbocycles.